The molecule has 8 heteroatoms. The van der Waals surface area contributed by atoms with E-state index in [-0.39, 0.29) is 11.5 Å². The lowest BCUT2D eigenvalue weighted by atomic mass is 9.83. The number of carbonyl (C=O) groups is 1. The van der Waals surface area contributed by atoms with E-state index < -0.39 is 0 Å². The Kier molecular flexibility index (Phi) is 7.49. The van der Waals surface area contributed by atoms with Gasteiger partial charge in [-0.1, -0.05) is 42.5 Å². The van der Waals surface area contributed by atoms with E-state index in [1.807, 2.05) is 24.3 Å². The monoisotopic (exact) mass is 462 g/mol. The Morgan fingerprint density at radius 2 is 1.88 bits per heavy atom. The highest BCUT2D eigenvalue weighted by Crippen LogP contribution is 2.42. The normalized spacial score (nSPS) is 16.9. The first kappa shape index (κ1) is 23.8. The zero-order valence-corrected chi connectivity index (χ0v) is 19.7. The van der Waals surface area contributed by atoms with Gasteiger partial charge in [-0.25, -0.2) is 11.0 Å². The van der Waals surface area contributed by atoms with Crippen LogP contribution >= 0.6 is 0 Å². The number of hydrogen-bond donors (Lipinski definition) is 4. The number of nitrogens with two attached hydrogens (primary N) is 2. The summed E-state index contributed by atoms with van der Waals surface area (Å²) in [5, 5.41) is 11.9. The van der Waals surface area contributed by atoms with Gasteiger partial charge in [0.1, 0.15) is 11.4 Å². The lowest BCUT2D eigenvalue weighted by Crippen LogP contribution is -2.46. The lowest BCUT2D eigenvalue weighted by Gasteiger charge is -2.40. The SMILES string of the molecule is CC(=O)NCCCCN(N)/N=C(\N)c1ccc(C2=CC3(CCNCC3)Oc3ccccc32)cc1. The molecule has 34 heavy (non-hydrogen) atoms. The van der Waals surface area contributed by atoms with E-state index >= 15 is 0 Å². The highest BCUT2D eigenvalue weighted by atomic mass is 16.5. The second-order valence-corrected chi connectivity index (χ2v) is 8.89. The summed E-state index contributed by atoms with van der Waals surface area (Å²) in [4.78, 5) is 10.9. The highest BCUT2D eigenvalue weighted by molar-refractivity contribution is 5.98. The van der Waals surface area contributed by atoms with Gasteiger partial charge in [-0.05, 0) is 49.2 Å². The maximum Gasteiger partial charge on any atom is 0.216 e. The Hall–Kier alpha value is -3.36. The van der Waals surface area contributed by atoms with Gasteiger partial charge >= 0.3 is 0 Å². The Labute approximate surface area is 201 Å². The van der Waals surface area contributed by atoms with Crippen LogP contribution in [0.5, 0.6) is 5.75 Å². The number of fused-ring (bicyclic) bond motifs is 1. The van der Waals surface area contributed by atoms with Crippen LogP contribution < -0.4 is 26.9 Å². The van der Waals surface area contributed by atoms with Crippen LogP contribution in [0.2, 0.25) is 0 Å². The van der Waals surface area contributed by atoms with E-state index in [9.17, 15) is 4.79 Å². The van der Waals surface area contributed by atoms with Crippen molar-refractivity contribution in [1.82, 2.24) is 15.8 Å². The first-order chi connectivity index (χ1) is 16.5. The van der Waals surface area contributed by atoms with Gasteiger partial charge in [0, 0.05) is 37.4 Å². The summed E-state index contributed by atoms with van der Waals surface area (Å²) in [7, 11) is 0. The maximum atomic E-state index is 10.9. The van der Waals surface area contributed by atoms with E-state index in [4.69, 9.17) is 16.3 Å². The van der Waals surface area contributed by atoms with Crippen molar-refractivity contribution < 1.29 is 9.53 Å². The Bertz CT molecular complexity index is 1060. The number of hydrogen-bond acceptors (Lipinski definition) is 6. The smallest absolute Gasteiger partial charge is 0.216 e. The van der Waals surface area contributed by atoms with Crippen molar-refractivity contribution in [3.63, 3.8) is 0 Å². The number of carbonyl (C=O) groups excluding carboxylic acids is 1. The molecule has 0 saturated carbocycles. The van der Waals surface area contributed by atoms with Crippen molar-refractivity contribution >= 4 is 17.3 Å². The van der Waals surface area contributed by atoms with E-state index in [0.717, 1.165) is 61.2 Å². The van der Waals surface area contributed by atoms with Gasteiger partial charge in [-0.3, -0.25) is 4.79 Å². The second-order valence-electron chi connectivity index (χ2n) is 8.89. The molecule has 1 saturated heterocycles. The number of piperidine rings is 1. The van der Waals surface area contributed by atoms with Crippen molar-refractivity contribution in [1.29, 1.82) is 0 Å². The van der Waals surface area contributed by atoms with E-state index in [1.165, 1.54) is 17.6 Å². The molecule has 6 N–H and O–H groups in total. The van der Waals surface area contributed by atoms with E-state index in [2.05, 4.69) is 46.1 Å². The van der Waals surface area contributed by atoms with Gasteiger partial charge in [0.05, 0.1) is 6.54 Å². The molecule has 0 aromatic heterocycles. The minimum Gasteiger partial charge on any atom is -0.482 e. The molecule has 4 rings (SSSR count). The van der Waals surface area contributed by atoms with Crippen molar-refractivity contribution in [2.75, 3.05) is 26.2 Å². The van der Waals surface area contributed by atoms with Crippen LogP contribution in [0, 0.1) is 0 Å². The standard InChI is InChI=1S/C26H34N6O2/c1-19(33)30-14-4-5-17-32(28)31-25(27)21-10-8-20(9-11-21)23-18-26(12-15-29-16-13-26)34-24-7-3-2-6-22(23)24/h2-3,6-11,18,29H,4-5,12-17,28H2,1H3,(H2,27,31)(H,30,33). The molecular weight excluding hydrogens is 428 g/mol. The van der Waals surface area contributed by atoms with Crippen molar-refractivity contribution in [3.05, 3.63) is 71.3 Å². The lowest BCUT2D eigenvalue weighted by molar-refractivity contribution is -0.118. The molecule has 0 unspecified atom stereocenters. The van der Waals surface area contributed by atoms with Crippen molar-refractivity contribution in [3.8, 4) is 5.75 Å². The molecule has 0 atom stereocenters. The van der Waals surface area contributed by atoms with Gasteiger partial charge in [-0.15, -0.1) is 5.10 Å². The Balaban J connectivity index is 1.47. The summed E-state index contributed by atoms with van der Waals surface area (Å²) >= 11 is 0. The predicted molar refractivity (Wildman–Crippen MR) is 135 cm³/mol. The second kappa shape index (κ2) is 10.7. The molecule has 2 aliphatic heterocycles. The van der Waals surface area contributed by atoms with Gasteiger partial charge in [-0.2, -0.15) is 0 Å². The number of rotatable bonds is 8. The third-order valence-corrected chi connectivity index (χ3v) is 6.26. The number of nitrogens with zero attached hydrogens (tertiary/aromatic N) is 2. The average molecular weight is 463 g/mol. The first-order valence-electron chi connectivity index (χ1n) is 11.9. The van der Waals surface area contributed by atoms with Gasteiger partial charge in [0.15, 0.2) is 5.84 Å². The van der Waals surface area contributed by atoms with Crippen LogP contribution in [0.25, 0.3) is 5.57 Å². The Morgan fingerprint density at radius 1 is 1.15 bits per heavy atom. The highest BCUT2D eigenvalue weighted by Gasteiger charge is 2.36. The van der Waals surface area contributed by atoms with Crippen molar-refractivity contribution in [2.45, 2.75) is 38.2 Å². The molecule has 1 amide bonds. The minimum atomic E-state index is -0.270. The third kappa shape index (κ3) is 5.76. The molecule has 2 aliphatic rings. The molecule has 1 spiro atoms. The average Bonchev–Trinajstić information content (AvgIpc) is 2.83. The van der Waals surface area contributed by atoms with E-state index in [0.29, 0.717) is 18.9 Å². The molecule has 2 aromatic carbocycles. The minimum absolute atomic E-state index is 0.0266. The number of benzene rings is 2. The molecule has 0 radical (unpaired) electrons. The molecule has 2 aromatic rings. The van der Waals surface area contributed by atoms with Crippen LogP contribution in [-0.4, -0.2) is 48.6 Å². The first-order valence-corrected chi connectivity index (χ1v) is 11.9. The fourth-order valence-electron chi connectivity index (χ4n) is 4.43. The van der Waals surface area contributed by atoms with Crippen molar-refractivity contribution in [2.24, 2.45) is 16.7 Å². The zero-order valence-electron chi connectivity index (χ0n) is 19.7. The van der Waals surface area contributed by atoms with Gasteiger partial charge < -0.3 is 21.1 Å². The van der Waals surface area contributed by atoms with Gasteiger partial charge in [0.25, 0.3) is 0 Å². The number of unbranched alkanes of at least 4 members (excludes halogenated alkanes) is 1. The summed E-state index contributed by atoms with van der Waals surface area (Å²) < 4.78 is 6.48. The topological polar surface area (TPSA) is 118 Å². The number of nitrogens with one attached hydrogen (secondary N) is 2. The summed E-state index contributed by atoms with van der Waals surface area (Å²) in [5.74, 6) is 7.26. The molecule has 0 aliphatic carbocycles. The molecular formula is C26H34N6O2. The maximum absolute atomic E-state index is 10.9. The number of para-hydroxylation sites is 1. The summed E-state index contributed by atoms with van der Waals surface area (Å²) in [5.41, 5.74) is 10.2. The molecule has 180 valence electrons. The van der Waals surface area contributed by atoms with Crippen LogP contribution in [0.15, 0.2) is 59.7 Å². The summed E-state index contributed by atoms with van der Waals surface area (Å²) in [6.45, 7) is 4.58. The fourth-order valence-corrected chi connectivity index (χ4v) is 4.43. The number of hydrazine groups is 1. The number of amides is 1. The van der Waals surface area contributed by atoms with Gasteiger partial charge in [0.2, 0.25) is 5.91 Å². The van der Waals surface area contributed by atoms with Crippen LogP contribution in [0.4, 0.5) is 0 Å². The molecule has 0 bridgehead atoms. The van der Waals surface area contributed by atoms with Crippen LogP contribution in [0.3, 0.4) is 0 Å². The van der Waals surface area contributed by atoms with E-state index in [1.54, 1.807) is 0 Å². The number of ether oxygens (including phenoxy) is 1. The zero-order chi connectivity index (χ0) is 24.0. The Morgan fingerprint density at radius 3 is 2.62 bits per heavy atom. The molecule has 2 heterocycles. The molecule has 8 nitrogen and oxygen atoms in total. The quantitative estimate of drug-likeness (QED) is 0.157. The number of amidine groups is 1. The fraction of sp³-hybridized carbons (Fsp3) is 0.385. The summed E-state index contributed by atoms with van der Waals surface area (Å²) in [6, 6.07) is 16.3. The largest absolute Gasteiger partial charge is 0.482 e. The van der Waals surface area contributed by atoms with Crippen LogP contribution in [-0.2, 0) is 4.79 Å². The third-order valence-electron chi connectivity index (χ3n) is 6.26. The van der Waals surface area contributed by atoms with Crippen LogP contribution in [0.1, 0.15) is 49.3 Å². The summed E-state index contributed by atoms with van der Waals surface area (Å²) in [6.07, 6.45) is 5.82. The number of hydrazone groups is 1. The predicted octanol–water partition coefficient (Wildman–Crippen LogP) is 2.35. The molecule has 1 fully saturated rings.